The minimum absolute atomic E-state index is 0.0398. The fourth-order valence-electron chi connectivity index (χ4n) is 4.02. The SMILES string of the molecule is COc1ccc(S(=O)(=O)C2=C(C(=O)c3ccc4c(c3Cl)CCS4(=O)=O)C(=O)CCC2)cc1. The molecule has 0 unspecified atom stereocenters. The third-order valence-corrected chi connectivity index (χ3v) is 9.86. The predicted molar refractivity (Wildman–Crippen MR) is 118 cm³/mol. The van der Waals surface area contributed by atoms with Gasteiger partial charge in [0.25, 0.3) is 0 Å². The van der Waals surface area contributed by atoms with Crippen LogP contribution in [-0.2, 0) is 30.9 Å². The average molecular weight is 495 g/mol. The van der Waals surface area contributed by atoms with E-state index in [1.807, 2.05) is 0 Å². The molecule has 0 N–H and O–H groups in total. The normalized spacial score (nSPS) is 17.9. The first kappa shape index (κ1) is 22.7. The number of rotatable bonds is 5. The lowest BCUT2D eigenvalue weighted by molar-refractivity contribution is -0.115. The minimum Gasteiger partial charge on any atom is -0.497 e. The van der Waals surface area contributed by atoms with E-state index < -0.39 is 36.8 Å². The van der Waals surface area contributed by atoms with Crippen molar-refractivity contribution < 1.29 is 31.2 Å². The number of ether oxygens (including phenoxy) is 1. The van der Waals surface area contributed by atoms with Crippen molar-refractivity contribution in [2.24, 2.45) is 0 Å². The van der Waals surface area contributed by atoms with Gasteiger partial charge in [0.05, 0.1) is 38.2 Å². The molecule has 1 heterocycles. The first-order valence-electron chi connectivity index (χ1n) is 9.82. The van der Waals surface area contributed by atoms with Crippen molar-refractivity contribution >= 4 is 42.8 Å². The van der Waals surface area contributed by atoms with E-state index in [0.29, 0.717) is 17.7 Å². The van der Waals surface area contributed by atoms with Crippen LogP contribution < -0.4 is 4.74 Å². The van der Waals surface area contributed by atoms with Crippen molar-refractivity contribution in [2.75, 3.05) is 12.9 Å². The molecule has 0 atom stereocenters. The molecule has 1 aliphatic heterocycles. The molecular weight excluding hydrogens is 476 g/mol. The summed E-state index contributed by atoms with van der Waals surface area (Å²) in [5, 5.41) is -0.0550. The van der Waals surface area contributed by atoms with Gasteiger partial charge in [-0.05, 0) is 61.2 Å². The lowest BCUT2D eigenvalue weighted by atomic mass is 9.91. The molecule has 1 aliphatic carbocycles. The van der Waals surface area contributed by atoms with E-state index in [2.05, 4.69) is 0 Å². The van der Waals surface area contributed by atoms with Crippen LogP contribution in [0.25, 0.3) is 0 Å². The molecule has 0 amide bonds. The number of benzene rings is 2. The van der Waals surface area contributed by atoms with Gasteiger partial charge in [-0.25, -0.2) is 16.8 Å². The Kier molecular flexibility index (Phi) is 5.77. The summed E-state index contributed by atoms with van der Waals surface area (Å²) < 4.78 is 56.0. The smallest absolute Gasteiger partial charge is 0.203 e. The van der Waals surface area contributed by atoms with E-state index in [-0.39, 0.29) is 50.3 Å². The largest absolute Gasteiger partial charge is 0.497 e. The minimum atomic E-state index is -4.12. The Balaban J connectivity index is 1.86. The van der Waals surface area contributed by atoms with Gasteiger partial charge in [-0.1, -0.05) is 11.6 Å². The van der Waals surface area contributed by atoms with Crippen LogP contribution in [0, 0.1) is 0 Å². The van der Waals surface area contributed by atoms with E-state index >= 15 is 0 Å². The summed E-state index contributed by atoms with van der Waals surface area (Å²) in [6, 6.07) is 8.22. The third-order valence-electron chi connectivity index (χ3n) is 5.69. The van der Waals surface area contributed by atoms with E-state index in [1.54, 1.807) is 0 Å². The van der Waals surface area contributed by atoms with Gasteiger partial charge in [0.1, 0.15) is 5.75 Å². The summed E-state index contributed by atoms with van der Waals surface area (Å²) in [6.07, 6.45) is 0.538. The Labute approximate surface area is 190 Å². The number of carbonyl (C=O) groups is 2. The Bertz CT molecular complexity index is 1390. The number of sulfone groups is 2. The average Bonchev–Trinajstić information content (AvgIpc) is 3.08. The molecule has 0 aromatic heterocycles. The van der Waals surface area contributed by atoms with Crippen molar-refractivity contribution in [3.8, 4) is 5.75 Å². The maximum atomic E-state index is 13.4. The highest BCUT2D eigenvalue weighted by Gasteiger charge is 2.37. The van der Waals surface area contributed by atoms with Crippen molar-refractivity contribution in [2.45, 2.75) is 35.5 Å². The van der Waals surface area contributed by atoms with Gasteiger partial charge in [0, 0.05) is 12.0 Å². The molecule has 32 heavy (non-hydrogen) atoms. The van der Waals surface area contributed by atoms with E-state index in [4.69, 9.17) is 16.3 Å². The van der Waals surface area contributed by atoms with Gasteiger partial charge in [-0.15, -0.1) is 0 Å². The van der Waals surface area contributed by atoms with Crippen LogP contribution >= 0.6 is 11.6 Å². The van der Waals surface area contributed by atoms with Crippen molar-refractivity contribution in [3.05, 3.63) is 63.0 Å². The molecule has 0 radical (unpaired) electrons. The van der Waals surface area contributed by atoms with Crippen LogP contribution in [0.2, 0.25) is 5.02 Å². The molecule has 10 heteroatoms. The fourth-order valence-corrected chi connectivity index (χ4v) is 7.63. The highest BCUT2D eigenvalue weighted by Crippen LogP contribution is 2.38. The summed E-state index contributed by atoms with van der Waals surface area (Å²) in [7, 11) is -6.13. The van der Waals surface area contributed by atoms with Crippen molar-refractivity contribution in [3.63, 3.8) is 0 Å². The van der Waals surface area contributed by atoms with Gasteiger partial charge in [-0.3, -0.25) is 9.59 Å². The van der Waals surface area contributed by atoms with Crippen LogP contribution in [-0.4, -0.2) is 41.3 Å². The zero-order valence-electron chi connectivity index (χ0n) is 17.1. The monoisotopic (exact) mass is 494 g/mol. The van der Waals surface area contributed by atoms with Gasteiger partial charge < -0.3 is 4.74 Å². The summed E-state index contributed by atoms with van der Waals surface area (Å²) in [6.45, 7) is 0. The number of carbonyl (C=O) groups excluding carboxylic acids is 2. The molecule has 2 aromatic carbocycles. The number of allylic oxidation sites excluding steroid dienone is 2. The van der Waals surface area contributed by atoms with Gasteiger partial charge in [0.2, 0.25) is 9.84 Å². The molecule has 0 bridgehead atoms. The van der Waals surface area contributed by atoms with Crippen LogP contribution in [0.15, 0.2) is 56.7 Å². The summed E-state index contributed by atoms with van der Waals surface area (Å²) in [4.78, 5) is 25.9. The molecule has 2 aromatic rings. The summed E-state index contributed by atoms with van der Waals surface area (Å²) in [5.41, 5.74) is -0.161. The Morgan fingerprint density at radius 3 is 2.38 bits per heavy atom. The molecule has 0 saturated heterocycles. The molecule has 4 rings (SSSR count). The second kappa shape index (κ2) is 8.13. The van der Waals surface area contributed by atoms with Crippen molar-refractivity contribution in [1.82, 2.24) is 0 Å². The number of methoxy groups -OCH3 is 1. The molecule has 7 nitrogen and oxygen atoms in total. The fraction of sp³-hybridized carbons (Fsp3) is 0.273. The van der Waals surface area contributed by atoms with Crippen molar-refractivity contribution in [1.29, 1.82) is 0 Å². The number of hydrogen-bond acceptors (Lipinski definition) is 7. The number of ketones is 2. The van der Waals surface area contributed by atoms with Gasteiger partial charge in [0.15, 0.2) is 21.4 Å². The quantitative estimate of drug-likeness (QED) is 0.462. The molecule has 0 fully saturated rings. The van der Waals surface area contributed by atoms with Crippen LogP contribution in [0.3, 0.4) is 0 Å². The number of Topliss-reactive ketones (excluding diaryl/α,β-unsaturated/α-hetero) is 2. The van der Waals surface area contributed by atoms with E-state index in [9.17, 15) is 26.4 Å². The second-order valence-electron chi connectivity index (χ2n) is 7.56. The zero-order valence-corrected chi connectivity index (χ0v) is 19.4. The molecule has 0 saturated carbocycles. The first-order chi connectivity index (χ1) is 15.1. The maximum Gasteiger partial charge on any atom is 0.203 e. The van der Waals surface area contributed by atoms with Crippen LogP contribution in [0.5, 0.6) is 5.75 Å². The second-order valence-corrected chi connectivity index (χ2v) is 12.0. The molecule has 168 valence electrons. The predicted octanol–water partition coefficient (Wildman–Crippen LogP) is 3.34. The summed E-state index contributed by atoms with van der Waals surface area (Å²) in [5.74, 6) is -1.02. The van der Waals surface area contributed by atoms with E-state index in [0.717, 1.165) is 0 Å². The Morgan fingerprint density at radius 1 is 1.03 bits per heavy atom. The topological polar surface area (TPSA) is 112 Å². The summed E-state index contributed by atoms with van der Waals surface area (Å²) >= 11 is 6.37. The van der Waals surface area contributed by atoms with Crippen LogP contribution in [0.4, 0.5) is 0 Å². The van der Waals surface area contributed by atoms with Gasteiger partial charge >= 0.3 is 0 Å². The van der Waals surface area contributed by atoms with Gasteiger partial charge in [-0.2, -0.15) is 0 Å². The van der Waals surface area contributed by atoms with Crippen LogP contribution in [0.1, 0.15) is 35.2 Å². The Hall–Kier alpha value is -2.49. The highest BCUT2D eigenvalue weighted by atomic mass is 35.5. The highest BCUT2D eigenvalue weighted by molar-refractivity contribution is 7.95. The maximum absolute atomic E-state index is 13.4. The molecule has 2 aliphatic rings. The number of fused-ring (bicyclic) bond motifs is 1. The lowest BCUT2D eigenvalue weighted by Gasteiger charge is -2.20. The number of hydrogen-bond donors (Lipinski definition) is 0. The Morgan fingerprint density at radius 2 is 1.72 bits per heavy atom. The first-order valence-corrected chi connectivity index (χ1v) is 13.3. The van der Waals surface area contributed by atoms with E-state index in [1.165, 1.54) is 43.5 Å². The standard InChI is InChI=1S/C22H19ClO7S2/c1-30-13-5-7-14(8-6-13)32(28,29)19-4-2-3-17(24)20(19)22(25)16-9-10-18-15(21(16)23)11-12-31(18,26)27/h5-10H,2-4,11-12H2,1H3. The molecular formula is C22H19ClO7S2. The molecule has 0 spiro atoms. The zero-order chi connectivity index (χ0) is 23.3. The number of halogens is 1. The lowest BCUT2D eigenvalue weighted by Crippen LogP contribution is -2.24. The third kappa shape index (κ3) is 3.68.